The molecule has 0 spiro atoms. The smallest absolute Gasteiger partial charge is 0.142 e. The summed E-state index contributed by atoms with van der Waals surface area (Å²) in [5, 5.41) is 10.1. The van der Waals surface area contributed by atoms with Crippen molar-refractivity contribution >= 4 is 0 Å². The van der Waals surface area contributed by atoms with Gasteiger partial charge in [-0.15, -0.1) is 0 Å². The minimum Gasteiger partial charge on any atom is -0.508 e. The molecule has 0 saturated heterocycles. The lowest BCUT2D eigenvalue weighted by Gasteiger charge is -2.30. The third-order valence-electron chi connectivity index (χ3n) is 6.24. The number of hydrogen-bond donors (Lipinski definition) is 1. The van der Waals surface area contributed by atoms with E-state index in [-0.39, 0.29) is 0 Å². The molecule has 1 aliphatic heterocycles. The molecule has 32 heavy (non-hydrogen) atoms. The van der Waals surface area contributed by atoms with Crippen molar-refractivity contribution in [3.05, 3.63) is 59.6 Å². The molecule has 4 heteroatoms. The van der Waals surface area contributed by atoms with Gasteiger partial charge in [-0.1, -0.05) is 57.6 Å². The van der Waals surface area contributed by atoms with E-state index in [9.17, 15) is 5.11 Å². The molecule has 2 aromatic rings. The molecule has 176 valence electrons. The quantitative estimate of drug-likeness (QED) is 0.228. The van der Waals surface area contributed by atoms with Gasteiger partial charge in [-0.3, -0.25) is 4.90 Å². The largest absolute Gasteiger partial charge is 0.508 e. The first-order chi connectivity index (χ1) is 15.8. The van der Waals surface area contributed by atoms with Gasteiger partial charge in [0.1, 0.15) is 24.0 Å². The van der Waals surface area contributed by atoms with E-state index in [2.05, 4.69) is 24.0 Å². The van der Waals surface area contributed by atoms with Crippen LogP contribution in [0.25, 0.3) is 0 Å². The third kappa shape index (κ3) is 8.38. The number of furan rings is 1. The van der Waals surface area contributed by atoms with Crippen molar-refractivity contribution in [1.29, 1.82) is 0 Å². The van der Waals surface area contributed by atoms with Crippen LogP contribution in [0.1, 0.15) is 94.4 Å². The summed E-state index contributed by atoms with van der Waals surface area (Å²) < 4.78 is 11.4. The Morgan fingerprint density at radius 1 is 0.969 bits per heavy atom. The van der Waals surface area contributed by atoms with Gasteiger partial charge >= 0.3 is 0 Å². The summed E-state index contributed by atoms with van der Waals surface area (Å²) in [5.74, 6) is 2.08. The van der Waals surface area contributed by atoms with Crippen LogP contribution in [0, 0.1) is 0 Å². The van der Waals surface area contributed by atoms with Crippen LogP contribution in [0.3, 0.4) is 0 Å². The van der Waals surface area contributed by atoms with Gasteiger partial charge in [0.15, 0.2) is 0 Å². The number of allylic oxidation sites excluding steroid dienone is 2. The summed E-state index contributed by atoms with van der Waals surface area (Å²) in [6.45, 7) is 4.35. The topological polar surface area (TPSA) is 45.8 Å². The highest BCUT2D eigenvalue weighted by molar-refractivity contribution is 5.47. The second-order valence-corrected chi connectivity index (χ2v) is 9.05. The predicted molar refractivity (Wildman–Crippen MR) is 131 cm³/mol. The Balaban J connectivity index is 1.34. The van der Waals surface area contributed by atoms with Gasteiger partial charge in [0.2, 0.25) is 0 Å². The molecule has 0 fully saturated rings. The number of ether oxygens (including phenoxy) is 1. The van der Waals surface area contributed by atoms with Crippen LogP contribution in [-0.4, -0.2) is 16.7 Å². The number of aromatic hydroxyl groups is 1. The first-order valence-electron chi connectivity index (χ1n) is 12.6. The second-order valence-electron chi connectivity index (χ2n) is 9.05. The second kappa shape index (κ2) is 14.1. The summed E-state index contributed by atoms with van der Waals surface area (Å²) in [6, 6.07) is 7.59. The van der Waals surface area contributed by atoms with Crippen molar-refractivity contribution < 1.29 is 14.3 Å². The predicted octanol–water partition coefficient (Wildman–Crippen LogP) is 7.75. The molecule has 1 aromatic heterocycles. The summed E-state index contributed by atoms with van der Waals surface area (Å²) in [4.78, 5) is 2.24. The Kier molecular flexibility index (Phi) is 10.7. The monoisotopic (exact) mass is 439 g/mol. The average molecular weight is 440 g/mol. The van der Waals surface area contributed by atoms with E-state index in [1.54, 1.807) is 12.3 Å². The lowest BCUT2D eigenvalue weighted by atomic mass is 9.98. The summed E-state index contributed by atoms with van der Waals surface area (Å²) in [7, 11) is 0. The number of unbranched alkanes of at least 4 members (excludes halogenated alkanes) is 9. The summed E-state index contributed by atoms with van der Waals surface area (Å²) in [5.41, 5.74) is 2.43. The van der Waals surface area contributed by atoms with E-state index >= 15 is 0 Å². The number of nitrogens with zero attached hydrogens (tertiary/aromatic N) is 1. The third-order valence-corrected chi connectivity index (χ3v) is 6.24. The molecule has 0 atom stereocenters. The Bertz CT molecular complexity index is 797. The van der Waals surface area contributed by atoms with Crippen molar-refractivity contribution in [3.63, 3.8) is 0 Å². The maximum absolute atomic E-state index is 10.1. The van der Waals surface area contributed by atoms with Crippen molar-refractivity contribution in [3.8, 4) is 11.5 Å². The number of rotatable bonds is 15. The number of benzene rings is 1. The molecule has 0 saturated carbocycles. The van der Waals surface area contributed by atoms with Gasteiger partial charge in [0.25, 0.3) is 0 Å². The minimum absolute atomic E-state index is 0.305. The van der Waals surface area contributed by atoms with Crippen LogP contribution in [-0.2, 0) is 19.5 Å². The maximum Gasteiger partial charge on any atom is 0.142 e. The molecule has 0 amide bonds. The normalized spacial score (nSPS) is 14.0. The van der Waals surface area contributed by atoms with Crippen LogP contribution in [0.4, 0.5) is 0 Å². The highest BCUT2D eigenvalue weighted by Crippen LogP contribution is 2.34. The molecule has 0 bridgehead atoms. The minimum atomic E-state index is 0.305. The number of fused-ring (bicyclic) bond motifs is 1. The molecule has 2 heterocycles. The van der Waals surface area contributed by atoms with Crippen LogP contribution in [0.15, 0.2) is 47.1 Å². The number of aryl methyl sites for hydroxylation is 1. The number of hydrogen-bond acceptors (Lipinski definition) is 4. The highest BCUT2D eigenvalue weighted by Gasteiger charge is 2.22. The van der Waals surface area contributed by atoms with Crippen molar-refractivity contribution in [2.75, 3.05) is 6.73 Å². The van der Waals surface area contributed by atoms with E-state index in [0.717, 1.165) is 37.4 Å². The number of phenols is 1. The van der Waals surface area contributed by atoms with E-state index < -0.39 is 0 Å². The van der Waals surface area contributed by atoms with Gasteiger partial charge < -0.3 is 14.3 Å². The van der Waals surface area contributed by atoms with E-state index in [4.69, 9.17) is 9.15 Å². The highest BCUT2D eigenvalue weighted by atomic mass is 16.5. The molecule has 0 radical (unpaired) electrons. The van der Waals surface area contributed by atoms with Crippen LogP contribution < -0.4 is 4.74 Å². The van der Waals surface area contributed by atoms with Crippen LogP contribution in [0.2, 0.25) is 0 Å². The molecule has 1 aromatic carbocycles. The lowest BCUT2D eigenvalue weighted by Crippen LogP contribution is -2.32. The van der Waals surface area contributed by atoms with E-state index in [1.165, 1.54) is 75.3 Å². The van der Waals surface area contributed by atoms with Gasteiger partial charge in [-0.05, 0) is 62.3 Å². The zero-order chi connectivity index (χ0) is 22.4. The standard InChI is InChI=1S/C28H41NO3/c1-2-3-4-5-6-7-8-9-10-11-12-13-14-16-24-19-25(30)20-28-27(24)22-29(23-32-28)21-26-17-15-18-31-26/h7-8,15,17-20,30H,2-6,9-14,16,21-23H2,1H3/b8-7-. The molecule has 0 aliphatic carbocycles. The molecule has 1 N–H and O–H groups in total. The SMILES string of the molecule is CCCCCC/C=C\CCCCCCCc1cc(O)cc2c1CN(Cc1ccco1)CO2. The van der Waals surface area contributed by atoms with E-state index in [1.807, 2.05) is 18.2 Å². The first kappa shape index (κ1) is 24.4. The molecular weight excluding hydrogens is 398 g/mol. The Labute approximate surface area is 194 Å². The molecular formula is C28H41NO3. The Hall–Kier alpha value is -2.20. The van der Waals surface area contributed by atoms with E-state index in [0.29, 0.717) is 12.5 Å². The van der Waals surface area contributed by atoms with Gasteiger partial charge in [0, 0.05) is 18.2 Å². The van der Waals surface area contributed by atoms with Gasteiger partial charge in [-0.2, -0.15) is 0 Å². The van der Waals surface area contributed by atoms with Crippen LogP contribution in [0.5, 0.6) is 11.5 Å². The zero-order valence-corrected chi connectivity index (χ0v) is 19.9. The van der Waals surface area contributed by atoms with Crippen molar-refractivity contribution in [2.24, 2.45) is 0 Å². The molecule has 0 unspecified atom stereocenters. The Morgan fingerprint density at radius 2 is 1.72 bits per heavy atom. The van der Waals surface area contributed by atoms with Crippen LogP contribution >= 0.6 is 0 Å². The summed E-state index contributed by atoms with van der Waals surface area (Å²) in [6.07, 6.45) is 21.6. The fourth-order valence-electron chi connectivity index (χ4n) is 4.41. The maximum atomic E-state index is 10.1. The van der Waals surface area contributed by atoms with Gasteiger partial charge in [-0.25, -0.2) is 0 Å². The lowest BCUT2D eigenvalue weighted by molar-refractivity contribution is 0.0815. The van der Waals surface area contributed by atoms with Crippen molar-refractivity contribution in [1.82, 2.24) is 4.90 Å². The summed E-state index contributed by atoms with van der Waals surface area (Å²) >= 11 is 0. The van der Waals surface area contributed by atoms with Crippen molar-refractivity contribution in [2.45, 2.75) is 97.1 Å². The fraction of sp³-hybridized carbons (Fsp3) is 0.571. The first-order valence-corrected chi connectivity index (χ1v) is 12.6. The fourth-order valence-corrected chi connectivity index (χ4v) is 4.41. The van der Waals surface area contributed by atoms with Gasteiger partial charge in [0.05, 0.1) is 12.8 Å². The average Bonchev–Trinajstić information content (AvgIpc) is 3.30. The zero-order valence-electron chi connectivity index (χ0n) is 19.9. The Morgan fingerprint density at radius 3 is 2.47 bits per heavy atom. The molecule has 1 aliphatic rings. The number of phenolic OH excluding ortho intramolecular Hbond substituents is 1. The molecule has 4 nitrogen and oxygen atoms in total. The molecule has 3 rings (SSSR count).